The summed E-state index contributed by atoms with van der Waals surface area (Å²) in [5.74, 6) is 0.736. The van der Waals surface area contributed by atoms with E-state index in [2.05, 4.69) is 24.1 Å². The molecule has 0 saturated carbocycles. The lowest BCUT2D eigenvalue weighted by Crippen LogP contribution is -2.31. The molecule has 4 N–H and O–H groups in total. The smallest absolute Gasteiger partial charge is 0.191 e. The van der Waals surface area contributed by atoms with E-state index in [1.54, 1.807) is 6.07 Å². The Labute approximate surface area is 106 Å². The Balaban J connectivity index is 2.28. The van der Waals surface area contributed by atoms with Crippen LogP contribution in [0, 0.1) is 5.41 Å². The summed E-state index contributed by atoms with van der Waals surface area (Å²) in [4.78, 5) is 15.1. The Kier molecular flexibility index (Phi) is 3.39. The van der Waals surface area contributed by atoms with Crippen LogP contribution in [0.2, 0.25) is 0 Å². The van der Waals surface area contributed by atoms with Crippen molar-refractivity contribution in [2.24, 2.45) is 11.1 Å². The Bertz CT molecular complexity index is 601. The van der Waals surface area contributed by atoms with Gasteiger partial charge in [-0.1, -0.05) is 26.0 Å². The minimum atomic E-state index is 0.00251. The number of fused-ring (bicyclic) bond motifs is 1. The van der Waals surface area contributed by atoms with Crippen molar-refractivity contribution in [1.82, 2.24) is 4.98 Å². The summed E-state index contributed by atoms with van der Waals surface area (Å²) in [6.07, 6.45) is 0. The first kappa shape index (κ1) is 12.6. The van der Waals surface area contributed by atoms with Crippen LogP contribution < -0.4 is 16.5 Å². The van der Waals surface area contributed by atoms with Gasteiger partial charge in [-0.15, -0.1) is 0 Å². The highest BCUT2D eigenvalue weighted by Gasteiger charge is 2.15. The van der Waals surface area contributed by atoms with E-state index in [0.29, 0.717) is 11.9 Å². The highest BCUT2D eigenvalue weighted by atomic mass is 16.1. The summed E-state index contributed by atoms with van der Waals surface area (Å²) >= 11 is 0. The summed E-state index contributed by atoms with van der Waals surface area (Å²) in [5, 5.41) is 3.94. The molecule has 0 saturated heterocycles. The summed E-state index contributed by atoms with van der Waals surface area (Å²) in [5.41, 5.74) is 6.55. The molecule has 0 unspecified atom stereocenters. The van der Waals surface area contributed by atoms with Gasteiger partial charge in [0.1, 0.15) is 5.82 Å². The van der Waals surface area contributed by atoms with Gasteiger partial charge in [0.25, 0.3) is 0 Å². The molecule has 0 fully saturated rings. The number of para-hydroxylation sites is 1. The summed E-state index contributed by atoms with van der Waals surface area (Å²) in [6, 6.07) is 9.08. The van der Waals surface area contributed by atoms with Gasteiger partial charge >= 0.3 is 0 Å². The molecular formula is C14H19N3O. The van der Waals surface area contributed by atoms with Crippen LogP contribution in [0.3, 0.4) is 0 Å². The zero-order valence-corrected chi connectivity index (χ0v) is 10.8. The van der Waals surface area contributed by atoms with Crippen molar-refractivity contribution in [3.05, 3.63) is 40.6 Å². The molecule has 2 aromatic rings. The lowest BCUT2D eigenvalue weighted by Gasteiger charge is -2.23. The maximum Gasteiger partial charge on any atom is 0.191 e. The average Bonchev–Trinajstić information content (AvgIpc) is 2.37. The highest BCUT2D eigenvalue weighted by Crippen LogP contribution is 2.15. The number of anilines is 1. The molecule has 1 aromatic heterocycles. The molecule has 1 aromatic carbocycles. The molecule has 0 radical (unpaired) electrons. The lowest BCUT2D eigenvalue weighted by atomic mass is 9.94. The zero-order valence-electron chi connectivity index (χ0n) is 10.8. The van der Waals surface area contributed by atoms with E-state index in [-0.39, 0.29) is 10.8 Å². The average molecular weight is 245 g/mol. The Morgan fingerprint density at radius 1 is 1.33 bits per heavy atom. The summed E-state index contributed by atoms with van der Waals surface area (Å²) in [7, 11) is 0. The molecule has 0 spiro atoms. The number of rotatable bonds is 4. The Morgan fingerprint density at radius 3 is 2.78 bits per heavy atom. The van der Waals surface area contributed by atoms with Gasteiger partial charge in [0.05, 0.1) is 5.52 Å². The van der Waals surface area contributed by atoms with Crippen LogP contribution in [0.1, 0.15) is 13.8 Å². The van der Waals surface area contributed by atoms with Crippen LogP contribution in [0.25, 0.3) is 10.9 Å². The molecule has 4 heteroatoms. The van der Waals surface area contributed by atoms with Crippen molar-refractivity contribution < 1.29 is 0 Å². The molecule has 2 rings (SSSR count). The molecule has 4 nitrogen and oxygen atoms in total. The van der Waals surface area contributed by atoms with E-state index < -0.39 is 0 Å². The third-order valence-electron chi connectivity index (χ3n) is 3.05. The molecule has 0 bridgehead atoms. The minimum absolute atomic E-state index is 0.00251. The van der Waals surface area contributed by atoms with Gasteiger partial charge in [-0.05, 0) is 24.1 Å². The van der Waals surface area contributed by atoms with E-state index in [1.807, 2.05) is 24.3 Å². The fraction of sp³-hybridized carbons (Fsp3) is 0.357. The third kappa shape index (κ3) is 2.71. The van der Waals surface area contributed by atoms with Crippen LogP contribution in [-0.4, -0.2) is 18.1 Å². The number of aromatic nitrogens is 1. The quantitative estimate of drug-likeness (QED) is 0.770. The molecule has 0 aliphatic heterocycles. The van der Waals surface area contributed by atoms with Crippen molar-refractivity contribution in [3.63, 3.8) is 0 Å². The second-order valence-corrected chi connectivity index (χ2v) is 5.31. The van der Waals surface area contributed by atoms with Crippen molar-refractivity contribution >= 4 is 16.7 Å². The monoisotopic (exact) mass is 245 g/mol. The van der Waals surface area contributed by atoms with Crippen LogP contribution >= 0.6 is 0 Å². The number of nitrogens with one attached hydrogen (secondary N) is 2. The van der Waals surface area contributed by atoms with Crippen molar-refractivity contribution in [2.45, 2.75) is 13.8 Å². The number of hydrogen-bond acceptors (Lipinski definition) is 3. The van der Waals surface area contributed by atoms with Crippen molar-refractivity contribution in [2.75, 3.05) is 18.4 Å². The van der Waals surface area contributed by atoms with E-state index in [4.69, 9.17) is 5.73 Å². The molecule has 18 heavy (non-hydrogen) atoms. The predicted octanol–water partition coefficient (Wildman–Crippen LogP) is 1.92. The molecule has 0 atom stereocenters. The normalized spacial score (nSPS) is 11.7. The molecule has 0 amide bonds. The molecule has 1 heterocycles. The molecular weight excluding hydrogens is 226 g/mol. The van der Waals surface area contributed by atoms with Gasteiger partial charge in [-0.25, -0.2) is 0 Å². The van der Waals surface area contributed by atoms with Crippen molar-refractivity contribution in [1.29, 1.82) is 0 Å². The van der Waals surface area contributed by atoms with Crippen molar-refractivity contribution in [3.8, 4) is 0 Å². The van der Waals surface area contributed by atoms with Gasteiger partial charge in [0, 0.05) is 18.0 Å². The Hall–Kier alpha value is -1.81. The second-order valence-electron chi connectivity index (χ2n) is 5.31. The molecule has 0 aliphatic carbocycles. The SMILES string of the molecule is CC(C)(CN)CNc1cc(=O)c2ccccc2[nH]1. The van der Waals surface area contributed by atoms with Gasteiger partial charge in [-0.3, -0.25) is 4.79 Å². The van der Waals surface area contributed by atoms with E-state index in [9.17, 15) is 4.79 Å². The van der Waals surface area contributed by atoms with Gasteiger partial charge in [-0.2, -0.15) is 0 Å². The van der Waals surface area contributed by atoms with Gasteiger partial charge < -0.3 is 16.0 Å². The number of pyridine rings is 1. The predicted molar refractivity (Wildman–Crippen MR) is 75.9 cm³/mol. The third-order valence-corrected chi connectivity index (χ3v) is 3.05. The fourth-order valence-corrected chi connectivity index (χ4v) is 1.70. The van der Waals surface area contributed by atoms with Crippen LogP contribution in [0.4, 0.5) is 5.82 Å². The maximum absolute atomic E-state index is 11.9. The van der Waals surface area contributed by atoms with Crippen LogP contribution in [0.15, 0.2) is 35.1 Å². The van der Waals surface area contributed by atoms with E-state index in [1.165, 1.54) is 0 Å². The Morgan fingerprint density at radius 2 is 2.06 bits per heavy atom. The summed E-state index contributed by atoms with van der Waals surface area (Å²) in [6.45, 7) is 5.48. The number of aromatic amines is 1. The first-order chi connectivity index (χ1) is 8.52. The number of benzene rings is 1. The van der Waals surface area contributed by atoms with Gasteiger partial charge in [0.2, 0.25) is 0 Å². The summed E-state index contributed by atoms with van der Waals surface area (Å²) < 4.78 is 0. The molecule has 96 valence electrons. The topological polar surface area (TPSA) is 70.9 Å². The largest absolute Gasteiger partial charge is 0.371 e. The standard InChI is InChI=1S/C14H19N3O/c1-14(2,8-15)9-16-13-7-12(18)10-5-3-4-6-11(10)17-13/h3-7H,8-9,15H2,1-2H3,(H2,16,17,18). The van der Waals surface area contributed by atoms with E-state index >= 15 is 0 Å². The first-order valence-electron chi connectivity index (χ1n) is 6.08. The minimum Gasteiger partial charge on any atom is -0.371 e. The zero-order chi connectivity index (χ0) is 13.2. The van der Waals surface area contributed by atoms with Crippen LogP contribution in [-0.2, 0) is 0 Å². The molecule has 0 aliphatic rings. The highest BCUT2D eigenvalue weighted by molar-refractivity contribution is 5.79. The second kappa shape index (κ2) is 4.82. The van der Waals surface area contributed by atoms with Gasteiger partial charge in [0.15, 0.2) is 5.43 Å². The van der Waals surface area contributed by atoms with Crippen LogP contribution in [0.5, 0.6) is 0 Å². The first-order valence-corrected chi connectivity index (χ1v) is 6.08. The maximum atomic E-state index is 11.9. The number of nitrogens with two attached hydrogens (primary N) is 1. The number of hydrogen-bond donors (Lipinski definition) is 3. The lowest BCUT2D eigenvalue weighted by molar-refractivity contribution is 0.405. The van der Waals surface area contributed by atoms with E-state index in [0.717, 1.165) is 17.9 Å². The number of H-pyrrole nitrogens is 1. The fourth-order valence-electron chi connectivity index (χ4n) is 1.70.